The molecule has 0 spiro atoms. The molecular formula is C24H21Cl2N5OS. The molecule has 0 unspecified atom stereocenters. The van der Waals surface area contributed by atoms with Crippen molar-refractivity contribution in [3.05, 3.63) is 81.3 Å². The van der Waals surface area contributed by atoms with E-state index in [1.54, 1.807) is 16.9 Å². The summed E-state index contributed by atoms with van der Waals surface area (Å²) in [7, 11) is 0. The highest BCUT2D eigenvalue weighted by atomic mass is 35.5. The number of aryl methyl sites for hydroxylation is 1. The van der Waals surface area contributed by atoms with Crippen LogP contribution in [-0.4, -0.2) is 26.0 Å². The molecular weight excluding hydrogens is 477 g/mol. The summed E-state index contributed by atoms with van der Waals surface area (Å²) in [6, 6.07) is 16.6. The summed E-state index contributed by atoms with van der Waals surface area (Å²) in [6.07, 6.45) is 0. The van der Waals surface area contributed by atoms with Gasteiger partial charge in [-0.15, -0.1) is 10.2 Å². The largest absolute Gasteiger partial charge is 0.332 e. The number of carbonyl (C=O) groups excluding carboxylic acids is 1. The van der Waals surface area contributed by atoms with Gasteiger partial charge in [0, 0.05) is 10.7 Å². The lowest BCUT2D eigenvalue weighted by molar-refractivity contribution is 0.0978. The molecule has 0 saturated carbocycles. The molecule has 1 aromatic heterocycles. The number of amides is 1. The van der Waals surface area contributed by atoms with Gasteiger partial charge in [-0.25, -0.2) is 0 Å². The Labute approximate surface area is 206 Å². The van der Waals surface area contributed by atoms with Gasteiger partial charge in [-0.3, -0.25) is 10.1 Å². The lowest BCUT2D eigenvalue weighted by atomic mass is 10.0. The second-order valence-electron chi connectivity index (χ2n) is 7.92. The van der Waals surface area contributed by atoms with Gasteiger partial charge in [-0.1, -0.05) is 49.2 Å². The van der Waals surface area contributed by atoms with E-state index in [4.69, 9.17) is 35.4 Å². The summed E-state index contributed by atoms with van der Waals surface area (Å²) >= 11 is 17.4. The first-order valence-corrected chi connectivity index (χ1v) is 11.4. The summed E-state index contributed by atoms with van der Waals surface area (Å²) < 4.78 is 0. The van der Waals surface area contributed by atoms with Crippen LogP contribution in [-0.2, 0) is 0 Å². The third-order valence-corrected chi connectivity index (χ3v) is 5.93. The number of nitrogens with zero attached hydrogens (tertiary/aromatic N) is 3. The molecule has 0 saturated heterocycles. The van der Waals surface area contributed by atoms with E-state index in [9.17, 15) is 4.79 Å². The molecule has 0 atom stereocenters. The van der Waals surface area contributed by atoms with E-state index in [2.05, 4.69) is 46.8 Å². The van der Waals surface area contributed by atoms with Gasteiger partial charge in [0.15, 0.2) is 5.11 Å². The van der Waals surface area contributed by atoms with Crippen molar-refractivity contribution < 1.29 is 4.79 Å². The maximum atomic E-state index is 12.5. The van der Waals surface area contributed by atoms with Crippen molar-refractivity contribution in [3.63, 3.8) is 0 Å². The molecule has 0 aliphatic rings. The summed E-state index contributed by atoms with van der Waals surface area (Å²) in [5.41, 5.74) is 5.45. The standard InChI is InChI=1S/C24H21Cl2N5OS/c1-13(2)15-4-7-17(8-5-15)31-29-21-10-14(3)20(12-22(21)30-31)27-24(33)28-23(32)18-11-16(25)6-9-19(18)26/h4-13H,1-3H3,(H2,27,28,32,33). The van der Waals surface area contributed by atoms with Gasteiger partial charge in [-0.05, 0) is 78.7 Å². The minimum Gasteiger partial charge on any atom is -0.332 e. The van der Waals surface area contributed by atoms with Gasteiger partial charge in [-0.2, -0.15) is 4.80 Å². The van der Waals surface area contributed by atoms with Crippen LogP contribution in [0.4, 0.5) is 5.69 Å². The van der Waals surface area contributed by atoms with Crippen LogP contribution in [0.1, 0.15) is 41.3 Å². The zero-order valence-corrected chi connectivity index (χ0v) is 20.5. The summed E-state index contributed by atoms with van der Waals surface area (Å²) in [4.78, 5) is 14.1. The molecule has 0 aliphatic heterocycles. The fourth-order valence-electron chi connectivity index (χ4n) is 3.31. The zero-order chi connectivity index (χ0) is 23.7. The molecule has 0 radical (unpaired) electrons. The second kappa shape index (κ2) is 9.47. The van der Waals surface area contributed by atoms with Gasteiger partial charge in [0.25, 0.3) is 5.91 Å². The van der Waals surface area contributed by atoms with Crippen LogP contribution >= 0.6 is 35.4 Å². The molecule has 0 bridgehead atoms. The van der Waals surface area contributed by atoms with Crippen molar-refractivity contribution in [2.45, 2.75) is 26.7 Å². The van der Waals surface area contributed by atoms with Crippen molar-refractivity contribution in [2.24, 2.45) is 0 Å². The Hall–Kier alpha value is -3.00. The van der Waals surface area contributed by atoms with Crippen molar-refractivity contribution in [3.8, 4) is 5.69 Å². The molecule has 4 aromatic rings. The third-order valence-electron chi connectivity index (χ3n) is 5.17. The molecule has 168 valence electrons. The molecule has 1 amide bonds. The van der Waals surface area contributed by atoms with Crippen LogP contribution < -0.4 is 10.6 Å². The first-order valence-electron chi connectivity index (χ1n) is 10.3. The van der Waals surface area contributed by atoms with E-state index in [1.807, 2.05) is 31.2 Å². The van der Waals surface area contributed by atoms with Crippen LogP contribution in [0.15, 0.2) is 54.6 Å². The highest BCUT2D eigenvalue weighted by molar-refractivity contribution is 7.80. The zero-order valence-electron chi connectivity index (χ0n) is 18.2. The number of carbonyl (C=O) groups is 1. The summed E-state index contributed by atoms with van der Waals surface area (Å²) in [5.74, 6) is 0.00809. The highest BCUT2D eigenvalue weighted by Gasteiger charge is 2.14. The number of anilines is 1. The van der Waals surface area contributed by atoms with Crippen LogP contribution in [0.2, 0.25) is 10.0 Å². The Morgan fingerprint density at radius 2 is 1.67 bits per heavy atom. The van der Waals surface area contributed by atoms with E-state index in [0.717, 1.165) is 16.8 Å². The van der Waals surface area contributed by atoms with Gasteiger partial charge >= 0.3 is 0 Å². The number of nitrogens with one attached hydrogen (secondary N) is 2. The summed E-state index contributed by atoms with van der Waals surface area (Å²) in [6.45, 7) is 6.24. The smallest absolute Gasteiger partial charge is 0.258 e. The van der Waals surface area contributed by atoms with Crippen LogP contribution in [0.3, 0.4) is 0 Å². The molecule has 1 heterocycles. The number of fused-ring (bicyclic) bond motifs is 1. The number of thiocarbonyl (C=S) groups is 1. The Balaban J connectivity index is 1.53. The lowest BCUT2D eigenvalue weighted by Crippen LogP contribution is -2.34. The molecule has 3 aromatic carbocycles. The SMILES string of the molecule is Cc1cc2nn(-c3ccc(C(C)C)cc3)nc2cc1NC(=S)NC(=O)c1cc(Cl)ccc1Cl. The van der Waals surface area contributed by atoms with E-state index in [1.165, 1.54) is 11.6 Å². The summed E-state index contributed by atoms with van der Waals surface area (Å²) in [5, 5.41) is 15.7. The van der Waals surface area contributed by atoms with Crippen molar-refractivity contribution in [2.75, 3.05) is 5.32 Å². The van der Waals surface area contributed by atoms with Crippen LogP contribution in [0, 0.1) is 6.92 Å². The molecule has 0 fully saturated rings. The van der Waals surface area contributed by atoms with Crippen LogP contribution in [0.5, 0.6) is 0 Å². The fourth-order valence-corrected chi connectivity index (χ4v) is 3.88. The molecule has 33 heavy (non-hydrogen) atoms. The van der Waals surface area contributed by atoms with Crippen molar-refractivity contribution in [1.29, 1.82) is 0 Å². The molecule has 4 rings (SSSR count). The van der Waals surface area contributed by atoms with Crippen molar-refractivity contribution in [1.82, 2.24) is 20.3 Å². The Morgan fingerprint density at radius 3 is 2.33 bits per heavy atom. The van der Waals surface area contributed by atoms with Gasteiger partial charge in [0.05, 0.1) is 16.3 Å². The predicted molar refractivity (Wildman–Crippen MR) is 138 cm³/mol. The first kappa shape index (κ1) is 23.2. The topological polar surface area (TPSA) is 71.8 Å². The Kier molecular flexibility index (Phi) is 6.65. The third kappa shape index (κ3) is 5.16. The monoisotopic (exact) mass is 497 g/mol. The second-order valence-corrected chi connectivity index (χ2v) is 9.18. The lowest BCUT2D eigenvalue weighted by Gasteiger charge is -2.12. The minimum absolute atomic E-state index is 0.134. The number of hydrogen-bond donors (Lipinski definition) is 2. The number of benzene rings is 3. The minimum atomic E-state index is -0.450. The molecule has 6 nitrogen and oxygen atoms in total. The fraction of sp³-hybridized carbons (Fsp3) is 0.167. The number of aromatic nitrogens is 3. The maximum Gasteiger partial charge on any atom is 0.258 e. The Bertz CT molecular complexity index is 1370. The number of hydrogen-bond acceptors (Lipinski definition) is 4. The average molecular weight is 498 g/mol. The number of halogens is 2. The van der Waals surface area contributed by atoms with E-state index >= 15 is 0 Å². The van der Waals surface area contributed by atoms with E-state index < -0.39 is 5.91 Å². The van der Waals surface area contributed by atoms with Crippen LogP contribution in [0.25, 0.3) is 16.7 Å². The Morgan fingerprint density at radius 1 is 1.00 bits per heavy atom. The predicted octanol–water partition coefficient (Wildman–Crippen LogP) is 6.29. The average Bonchev–Trinajstić information content (AvgIpc) is 3.18. The van der Waals surface area contributed by atoms with Gasteiger partial charge < -0.3 is 5.32 Å². The number of rotatable bonds is 4. The highest BCUT2D eigenvalue weighted by Crippen LogP contribution is 2.24. The van der Waals surface area contributed by atoms with E-state index in [-0.39, 0.29) is 15.7 Å². The molecule has 0 aliphatic carbocycles. The quantitative estimate of drug-likeness (QED) is 0.324. The van der Waals surface area contributed by atoms with Crippen molar-refractivity contribution >= 4 is 63.2 Å². The molecule has 9 heteroatoms. The van der Waals surface area contributed by atoms with Gasteiger partial charge in [0.1, 0.15) is 11.0 Å². The normalized spacial score (nSPS) is 11.1. The van der Waals surface area contributed by atoms with E-state index in [0.29, 0.717) is 22.1 Å². The first-order chi connectivity index (χ1) is 15.7. The molecule has 2 N–H and O–H groups in total. The van der Waals surface area contributed by atoms with Gasteiger partial charge in [0.2, 0.25) is 0 Å². The maximum absolute atomic E-state index is 12.5.